The maximum atomic E-state index is 13.1. The average molecular weight is 283 g/mol. The van der Waals surface area contributed by atoms with Crippen LogP contribution in [0.15, 0.2) is 18.2 Å². The molecule has 1 heterocycles. The highest BCUT2D eigenvalue weighted by molar-refractivity contribution is 5.53. The Balaban J connectivity index is 2.70. The van der Waals surface area contributed by atoms with Crippen LogP contribution < -0.4 is 5.73 Å². The number of nitrogens with zero attached hydrogens (tertiary/aromatic N) is 2. The highest BCUT2D eigenvalue weighted by Gasteiger charge is 2.35. The number of halogens is 3. The molecule has 0 atom stereocenters. The van der Waals surface area contributed by atoms with Gasteiger partial charge in [0.1, 0.15) is 0 Å². The van der Waals surface area contributed by atoms with Gasteiger partial charge in [0.2, 0.25) is 0 Å². The molecule has 1 aromatic heterocycles. The van der Waals surface area contributed by atoms with Gasteiger partial charge >= 0.3 is 6.18 Å². The number of rotatable bonds is 2. The molecule has 6 heteroatoms. The molecule has 108 valence electrons. The lowest BCUT2D eigenvalue weighted by atomic mass is 10.1. The molecule has 0 saturated carbocycles. The van der Waals surface area contributed by atoms with E-state index in [1.54, 1.807) is 13.8 Å². The van der Waals surface area contributed by atoms with E-state index < -0.39 is 11.7 Å². The molecule has 0 spiro atoms. The molecule has 2 rings (SSSR count). The van der Waals surface area contributed by atoms with Crippen LogP contribution in [0, 0.1) is 13.8 Å². The van der Waals surface area contributed by atoms with E-state index in [9.17, 15) is 13.2 Å². The number of aryl methyl sites for hydroxylation is 1. The Bertz CT molecular complexity index is 642. The molecule has 0 unspecified atom stereocenters. The molecule has 3 nitrogen and oxygen atoms in total. The van der Waals surface area contributed by atoms with Crippen molar-refractivity contribution in [2.45, 2.75) is 33.4 Å². The van der Waals surface area contributed by atoms with Gasteiger partial charge in [0, 0.05) is 11.4 Å². The predicted octanol–water partition coefficient (Wildman–Crippen LogP) is 3.65. The number of hydrogen-bond donors (Lipinski definition) is 1. The normalized spacial score (nSPS) is 11.9. The van der Waals surface area contributed by atoms with E-state index in [-0.39, 0.29) is 11.4 Å². The lowest BCUT2D eigenvalue weighted by molar-refractivity contribution is -0.137. The van der Waals surface area contributed by atoms with E-state index >= 15 is 0 Å². The SMILES string of the molecule is CCc1c(C)nn(-c2ccc(N)cc2C(F)(F)F)c1C. The summed E-state index contributed by atoms with van der Waals surface area (Å²) in [5.74, 6) is 0. The van der Waals surface area contributed by atoms with Crippen molar-refractivity contribution in [3.63, 3.8) is 0 Å². The minimum absolute atomic E-state index is 0.00648. The Kier molecular flexibility index (Phi) is 3.50. The van der Waals surface area contributed by atoms with Crippen molar-refractivity contribution in [3.05, 3.63) is 40.7 Å². The van der Waals surface area contributed by atoms with E-state index in [1.807, 2.05) is 6.92 Å². The molecule has 0 bridgehead atoms. The van der Waals surface area contributed by atoms with Gasteiger partial charge in [0.25, 0.3) is 0 Å². The maximum Gasteiger partial charge on any atom is 0.418 e. The van der Waals surface area contributed by atoms with Crippen LogP contribution in [0.2, 0.25) is 0 Å². The lowest BCUT2D eigenvalue weighted by Crippen LogP contribution is -2.13. The molecule has 0 saturated heterocycles. The predicted molar refractivity (Wildman–Crippen MR) is 71.8 cm³/mol. The van der Waals surface area contributed by atoms with Crippen LogP contribution in [0.25, 0.3) is 5.69 Å². The molecule has 0 fully saturated rings. The monoisotopic (exact) mass is 283 g/mol. The molecule has 0 aliphatic carbocycles. The Morgan fingerprint density at radius 2 is 1.90 bits per heavy atom. The van der Waals surface area contributed by atoms with Crippen LogP contribution in [0.1, 0.15) is 29.4 Å². The molecule has 20 heavy (non-hydrogen) atoms. The molecule has 0 radical (unpaired) electrons. The molecule has 0 amide bonds. The lowest BCUT2D eigenvalue weighted by Gasteiger charge is -2.14. The van der Waals surface area contributed by atoms with Crippen molar-refractivity contribution in [1.82, 2.24) is 9.78 Å². The summed E-state index contributed by atoms with van der Waals surface area (Å²) >= 11 is 0. The molecule has 0 aliphatic rings. The van der Waals surface area contributed by atoms with Crippen LogP contribution in [-0.4, -0.2) is 9.78 Å². The fourth-order valence-electron chi connectivity index (χ4n) is 2.39. The Hall–Kier alpha value is -1.98. The van der Waals surface area contributed by atoms with Crippen molar-refractivity contribution < 1.29 is 13.2 Å². The van der Waals surface area contributed by atoms with Gasteiger partial charge in [-0.3, -0.25) is 0 Å². The zero-order valence-corrected chi connectivity index (χ0v) is 11.5. The highest BCUT2D eigenvalue weighted by Crippen LogP contribution is 2.35. The first kappa shape index (κ1) is 14.4. The largest absolute Gasteiger partial charge is 0.418 e. The molecular weight excluding hydrogens is 267 g/mol. The summed E-state index contributed by atoms with van der Waals surface area (Å²) in [5.41, 5.74) is 7.22. The zero-order chi connectivity index (χ0) is 15.1. The van der Waals surface area contributed by atoms with Crippen LogP contribution in [-0.2, 0) is 12.6 Å². The first-order chi connectivity index (χ1) is 9.25. The van der Waals surface area contributed by atoms with Crippen molar-refractivity contribution >= 4 is 5.69 Å². The molecule has 0 aliphatic heterocycles. The van der Waals surface area contributed by atoms with Crippen LogP contribution in [0.3, 0.4) is 0 Å². The van der Waals surface area contributed by atoms with Gasteiger partial charge < -0.3 is 5.73 Å². The van der Waals surface area contributed by atoms with Gasteiger partial charge in [-0.15, -0.1) is 0 Å². The number of hydrogen-bond acceptors (Lipinski definition) is 2. The zero-order valence-electron chi connectivity index (χ0n) is 11.5. The summed E-state index contributed by atoms with van der Waals surface area (Å²) in [5, 5.41) is 4.23. The van der Waals surface area contributed by atoms with Crippen molar-refractivity contribution in [2.75, 3.05) is 5.73 Å². The second-order valence-electron chi connectivity index (χ2n) is 4.69. The van der Waals surface area contributed by atoms with E-state index in [0.717, 1.165) is 29.4 Å². The van der Waals surface area contributed by atoms with E-state index in [2.05, 4.69) is 5.10 Å². The summed E-state index contributed by atoms with van der Waals surface area (Å²) in [6.45, 7) is 5.53. The number of aromatic nitrogens is 2. The van der Waals surface area contributed by atoms with E-state index in [0.29, 0.717) is 0 Å². The molecule has 1 aromatic carbocycles. The van der Waals surface area contributed by atoms with E-state index in [1.165, 1.54) is 16.8 Å². The summed E-state index contributed by atoms with van der Waals surface area (Å²) in [7, 11) is 0. The fourth-order valence-corrected chi connectivity index (χ4v) is 2.39. The van der Waals surface area contributed by atoms with Gasteiger partial charge in [0.15, 0.2) is 0 Å². The first-order valence-electron chi connectivity index (χ1n) is 6.28. The quantitative estimate of drug-likeness (QED) is 0.855. The summed E-state index contributed by atoms with van der Waals surface area (Å²) in [6, 6.07) is 3.75. The average Bonchev–Trinajstić information content (AvgIpc) is 2.63. The second kappa shape index (κ2) is 4.85. The molecular formula is C14H16F3N3. The third-order valence-corrected chi connectivity index (χ3v) is 3.35. The van der Waals surface area contributed by atoms with Gasteiger partial charge in [-0.1, -0.05) is 6.92 Å². The number of alkyl halides is 3. The Morgan fingerprint density at radius 1 is 1.25 bits per heavy atom. The minimum atomic E-state index is -4.47. The van der Waals surface area contributed by atoms with Crippen molar-refractivity contribution in [2.24, 2.45) is 0 Å². The molecule has 2 N–H and O–H groups in total. The smallest absolute Gasteiger partial charge is 0.399 e. The highest BCUT2D eigenvalue weighted by atomic mass is 19.4. The number of nitrogen functional groups attached to an aromatic ring is 1. The molecule has 2 aromatic rings. The van der Waals surface area contributed by atoms with Crippen molar-refractivity contribution in [3.8, 4) is 5.69 Å². The number of anilines is 1. The number of nitrogens with two attached hydrogens (primary N) is 1. The van der Waals surface area contributed by atoms with Gasteiger partial charge in [-0.05, 0) is 44.0 Å². The summed E-state index contributed by atoms with van der Waals surface area (Å²) in [6.07, 6.45) is -3.74. The topological polar surface area (TPSA) is 43.8 Å². The van der Waals surface area contributed by atoms with Gasteiger partial charge in [-0.25, -0.2) is 4.68 Å². The van der Waals surface area contributed by atoms with Gasteiger partial charge in [-0.2, -0.15) is 18.3 Å². The summed E-state index contributed by atoms with van der Waals surface area (Å²) < 4.78 is 40.8. The van der Waals surface area contributed by atoms with Crippen LogP contribution in [0.4, 0.5) is 18.9 Å². The minimum Gasteiger partial charge on any atom is -0.399 e. The van der Waals surface area contributed by atoms with E-state index in [4.69, 9.17) is 5.73 Å². The third kappa shape index (κ3) is 2.37. The van der Waals surface area contributed by atoms with Crippen molar-refractivity contribution in [1.29, 1.82) is 0 Å². The third-order valence-electron chi connectivity index (χ3n) is 3.35. The van der Waals surface area contributed by atoms with Gasteiger partial charge in [0.05, 0.1) is 16.9 Å². The maximum absolute atomic E-state index is 13.1. The second-order valence-corrected chi connectivity index (χ2v) is 4.69. The Labute approximate surface area is 115 Å². The first-order valence-corrected chi connectivity index (χ1v) is 6.28. The van der Waals surface area contributed by atoms with Crippen LogP contribution in [0.5, 0.6) is 0 Å². The fraction of sp³-hybridized carbons (Fsp3) is 0.357. The Morgan fingerprint density at radius 3 is 2.40 bits per heavy atom. The number of benzene rings is 1. The summed E-state index contributed by atoms with van der Waals surface area (Å²) in [4.78, 5) is 0. The van der Waals surface area contributed by atoms with Crippen LogP contribution >= 0.6 is 0 Å². The standard InChI is InChI=1S/C14H16F3N3/c1-4-11-8(2)19-20(9(11)3)13-6-5-10(18)7-12(13)14(15,16)17/h5-7H,4,18H2,1-3H3.